The average Bonchev–Trinajstić information content (AvgIpc) is 3.45. The Balaban J connectivity index is 1.45. The van der Waals surface area contributed by atoms with Crippen LogP contribution >= 0.6 is 11.3 Å². The number of esters is 1. The number of amidine groups is 1. The van der Waals surface area contributed by atoms with Gasteiger partial charge in [-0.3, -0.25) is 9.79 Å². The van der Waals surface area contributed by atoms with E-state index in [1.54, 1.807) is 26.1 Å². The van der Waals surface area contributed by atoms with Crippen molar-refractivity contribution in [1.29, 1.82) is 0 Å². The molecule has 1 aromatic carbocycles. The lowest BCUT2D eigenvalue weighted by atomic mass is 9.70. The minimum absolute atomic E-state index is 0.0934. The van der Waals surface area contributed by atoms with Crippen LogP contribution in [0.1, 0.15) is 54.8 Å². The first kappa shape index (κ1) is 28.4. The fourth-order valence-corrected chi connectivity index (χ4v) is 8.67. The van der Waals surface area contributed by atoms with E-state index < -0.39 is 44.5 Å². The lowest BCUT2D eigenvalue weighted by Gasteiger charge is -2.44. The Morgan fingerprint density at radius 1 is 1.25 bits per heavy atom. The monoisotopic (exact) mass is 590 g/mol. The van der Waals surface area contributed by atoms with Gasteiger partial charge in [0.05, 0.1) is 23.3 Å². The van der Waals surface area contributed by atoms with Gasteiger partial charge >= 0.3 is 11.9 Å². The van der Waals surface area contributed by atoms with E-state index in [4.69, 9.17) is 9.73 Å². The Bertz CT molecular complexity index is 1490. The number of methoxy groups -OCH3 is 1. The van der Waals surface area contributed by atoms with E-state index in [0.717, 1.165) is 0 Å². The van der Waals surface area contributed by atoms with Crippen LogP contribution in [-0.4, -0.2) is 66.0 Å². The van der Waals surface area contributed by atoms with Crippen LogP contribution in [0.15, 0.2) is 46.0 Å². The molecule has 10 nitrogen and oxygen atoms in total. The Morgan fingerprint density at radius 2 is 1.95 bits per heavy atom. The summed E-state index contributed by atoms with van der Waals surface area (Å²) in [6.45, 7) is 3.80. The summed E-state index contributed by atoms with van der Waals surface area (Å²) in [5, 5.41) is 14.4. The molecule has 5 rings (SSSR count). The van der Waals surface area contributed by atoms with E-state index >= 15 is 0 Å². The van der Waals surface area contributed by atoms with Gasteiger partial charge in [0.1, 0.15) is 11.9 Å². The molecular weight excluding hydrogens is 559 g/mol. The summed E-state index contributed by atoms with van der Waals surface area (Å²) in [7, 11) is -2.36. The van der Waals surface area contributed by atoms with Crippen LogP contribution in [0.3, 0.4) is 0 Å². The van der Waals surface area contributed by atoms with Crippen molar-refractivity contribution in [2.24, 2.45) is 16.3 Å². The number of carboxylic acids is 1. The fourth-order valence-electron chi connectivity index (χ4n) is 5.78. The predicted molar refractivity (Wildman–Crippen MR) is 147 cm³/mol. The lowest BCUT2D eigenvalue weighted by Crippen LogP contribution is -2.54. The van der Waals surface area contributed by atoms with Gasteiger partial charge in [0.15, 0.2) is 10.8 Å². The molecule has 1 aliphatic carbocycles. The number of aliphatic carboxylic acids is 1. The molecule has 1 unspecified atom stereocenters. The van der Waals surface area contributed by atoms with Gasteiger partial charge in [-0.15, -0.1) is 11.3 Å². The normalized spacial score (nSPS) is 26.1. The SMILES string of the molecule is COC(=O)C1=C(C2CCN(S(=O)(=O)[C@H]3C[C@](C)(C(=O)O)C3)CC2)NC(c2nccs2)=NC1c1ccc(F)cc1C. The van der Waals surface area contributed by atoms with Gasteiger partial charge in [0.2, 0.25) is 10.0 Å². The van der Waals surface area contributed by atoms with E-state index in [1.165, 1.54) is 34.9 Å². The topological polar surface area (TPSA) is 138 Å². The summed E-state index contributed by atoms with van der Waals surface area (Å²) in [5.41, 5.74) is 1.17. The van der Waals surface area contributed by atoms with Gasteiger partial charge in [-0.1, -0.05) is 6.07 Å². The van der Waals surface area contributed by atoms with Gasteiger partial charge < -0.3 is 15.2 Å². The van der Waals surface area contributed by atoms with Gasteiger partial charge in [-0.05, 0) is 62.8 Å². The van der Waals surface area contributed by atoms with Crippen molar-refractivity contribution in [3.63, 3.8) is 0 Å². The highest BCUT2D eigenvalue weighted by Gasteiger charge is 2.53. The summed E-state index contributed by atoms with van der Waals surface area (Å²) < 4.78 is 47.1. The van der Waals surface area contributed by atoms with Crippen LogP contribution in [0.2, 0.25) is 0 Å². The lowest BCUT2D eigenvalue weighted by molar-refractivity contribution is -0.152. The van der Waals surface area contributed by atoms with Gasteiger partial charge in [-0.25, -0.2) is 26.9 Å². The van der Waals surface area contributed by atoms with Crippen LogP contribution in [0, 0.1) is 24.1 Å². The molecule has 2 fully saturated rings. The average molecular weight is 591 g/mol. The largest absolute Gasteiger partial charge is 0.481 e. The van der Waals surface area contributed by atoms with Crippen LogP contribution in [0.5, 0.6) is 0 Å². The number of thiazole rings is 1. The van der Waals surface area contributed by atoms with Crippen LogP contribution in [-0.2, 0) is 24.3 Å². The molecule has 1 saturated heterocycles. The van der Waals surface area contributed by atoms with Crippen LogP contribution < -0.4 is 5.32 Å². The second kappa shape index (κ2) is 10.7. The number of carbonyl (C=O) groups excluding carboxylic acids is 1. The Morgan fingerprint density at radius 3 is 2.52 bits per heavy atom. The van der Waals surface area contributed by atoms with E-state index in [-0.39, 0.29) is 31.8 Å². The zero-order valence-electron chi connectivity index (χ0n) is 22.4. The third-order valence-electron chi connectivity index (χ3n) is 8.16. The third-order valence-corrected chi connectivity index (χ3v) is 11.2. The maximum Gasteiger partial charge on any atom is 0.338 e. The van der Waals surface area contributed by atoms with Crippen molar-refractivity contribution in [1.82, 2.24) is 14.6 Å². The number of aromatic nitrogens is 1. The third kappa shape index (κ3) is 5.06. The predicted octanol–water partition coefficient (Wildman–Crippen LogP) is 3.40. The maximum atomic E-state index is 14.0. The number of aryl methyl sites for hydroxylation is 1. The van der Waals surface area contributed by atoms with E-state index in [1.807, 2.05) is 5.38 Å². The number of piperidine rings is 1. The van der Waals surface area contributed by atoms with Crippen molar-refractivity contribution < 1.29 is 32.2 Å². The number of carbonyl (C=O) groups is 2. The molecule has 1 atom stereocenters. The number of halogens is 1. The van der Waals surface area contributed by atoms with Crippen LogP contribution in [0.25, 0.3) is 0 Å². The van der Waals surface area contributed by atoms with Crippen LogP contribution in [0.4, 0.5) is 4.39 Å². The van der Waals surface area contributed by atoms with E-state index in [0.29, 0.717) is 46.1 Å². The molecule has 0 radical (unpaired) electrons. The van der Waals surface area contributed by atoms with Crippen molar-refractivity contribution >= 4 is 39.1 Å². The number of sulfonamides is 1. The number of hydrogen-bond acceptors (Lipinski definition) is 9. The number of nitrogens with zero attached hydrogens (tertiary/aromatic N) is 3. The van der Waals surface area contributed by atoms with Gasteiger partial charge in [-0.2, -0.15) is 0 Å². The molecule has 214 valence electrons. The second-order valence-corrected chi connectivity index (χ2v) is 13.9. The zero-order chi connectivity index (χ0) is 28.8. The number of carboxylic acid groups (broad SMARTS) is 1. The van der Waals surface area contributed by atoms with Crippen molar-refractivity contribution in [2.45, 2.75) is 50.8 Å². The Kier molecular flexibility index (Phi) is 7.57. The summed E-state index contributed by atoms with van der Waals surface area (Å²) in [6, 6.07) is 3.57. The molecule has 3 aliphatic rings. The molecule has 1 aromatic heterocycles. The number of nitrogens with one attached hydrogen (secondary N) is 1. The quantitative estimate of drug-likeness (QED) is 0.468. The molecule has 3 heterocycles. The summed E-state index contributed by atoms with van der Waals surface area (Å²) in [4.78, 5) is 33.9. The Hall–Kier alpha value is -3.16. The first-order valence-electron chi connectivity index (χ1n) is 13.0. The molecule has 13 heteroatoms. The highest BCUT2D eigenvalue weighted by Crippen LogP contribution is 2.46. The second-order valence-electron chi connectivity index (χ2n) is 10.8. The number of rotatable bonds is 7. The van der Waals surface area contributed by atoms with Gasteiger partial charge in [0, 0.05) is 36.3 Å². The minimum atomic E-state index is -3.65. The van der Waals surface area contributed by atoms with Crippen molar-refractivity contribution in [3.8, 4) is 0 Å². The smallest absolute Gasteiger partial charge is 0.338 e. The molecule has 0 bridgehead atoms. The maximum absolute atomic E-state index is 14.0. The molecule has 0 amide bonds. The van der Waals surface area contributed by atoms with Crippen molar-refractivity contribution in [2.75, 3.05) is 20.2 Å². The van der Waals surface area contributed by atoms with Crippen molar-refractivity contribution in [3.05, 3.63) is 63.0 Å². The molecule has 1 saturated carbocycles. The highest BCUT2D eigenvalue weighted by molar-refractivity contribution is 7.89. The summed E-state index contributed by atoms with van der Waals surface area (Å²) in [5.74, 6) is -1.68. The molecule has 2 aromatic rings. The first-order chi connectivity index (χ1) is 18.9. The summed E-state index contributed by atoms with van der Waals surface area (Å²) >= 11 is 1.38. The highest BCUT2D eigenvalue weighted by atomic mass is 32.2. The van der Waals surface area contributed by atoms with E-state index in [2.05, 4.69) is 10.3 Å². The zero-order valence-corrected chi connectivity index (χ0v) is 24.0. The summed E-state index contributed by atoms with van der Waals surface area (Å²) in [6.07, 6.45) is 2.71. The van der Waals surface area contributed by atoms with Gasteiger partial charge in [0.25, 0.3) is 0 Å². The number of hydrogen-bond donors (Lipinski definition) is 2. The number of allylic oxidation sites excluding steroid dienone is 1. The molecule has 2 N–H and O–H groups in total. The molecule has 0 spiro atoms. The van der Waals surface area contributed by atoms with E-state index in [9.17, 15) is 27.5 Å². The molecule has 2 aliphatic heterocycles. The number of aliphatic imine (C=N–C) groups is 1. The Labute approximate surface area is 236 Å². The molecular formula is C27H31FN4O6S2. The fraction of sp³-hybridized carbons (Fsp3) is 0.481. The first-order valence-corrected chi connectivity index (χ1v) is 15.4. The standard InChI is InChI=1S/C27H31FN4O6S2/c1-15-12-17(28)4-5-19(15)22-20(25(33)38-3)21(30-23(31-22)24-29-8-11-39-24)16-6-9-32(10-7-16)40(36,37)18-13-27(2,14-18)26(34)35/h4-5,8,11-12,16,18,22H,6-7,9-10,13-14H2,1-3H3,(H,30,31)(H,34,35)/t18-,22?,27-. The number of ether oxygens (including phenoxy) is 1. The minimum Gasteiger partial charge on any atom is -0.481 e. The number of benzene rings is 1. The molecule has 40 heavy (non-hydrogen) atoms.